The maximum atomic E-state index is 14.9. The number of thiocarbonyl (C=S) groups is 1. The number of ether oxygens (including phenoxy) is 2. The summed E-state index contributed by atoms with van der Waals surface area (Å²) in [7, 11) is 0. The Balaban J connectivity index is 1.65. The van der Waals surface area contributed by atoms with E-state index in [9.17, 15) is 14.3 Å². The van der Waals surface area contributed by atoms with Crippen LogP contribution in [-0.2, 0) is 9.53 Å². The summed E-state index contributed by atoms with van der Waals surface area (Å²) in [5, 5.41) is 10.0. The van der Waals surface area contributed by atoms with Crippen LogP contribution in [0.1, 0.15) is 19.4 Å². The largest absolute Gasteiger partial charge is 0.482 e. The van der Waals surface area contributed by atoms with Crippen molar-refractivity contribution in [2.75, 3.05) is 23.0 Å². The van der Waals surface area contributed by atoms with Crippen LogP contribution in [0.3, 0.4) is 0 Å². The topological polar surface area (TPSA) is 66.6 Å². The smallest absolute Gasteiger partial charge is 0.259 e. The monoisotopic (exact) mass is 455 g/mol. The summed E-state index contributed by atoms with van der Waals surface area (Å²) >= 11 is 5.63. The molecule has 1 N–H and O–H groups in total. The molecule has 0 bridgehead atoms. The summed E-state index contributed by atoms with van der Waals surface area (Å²) in [6.45, 7) is 12.8. The molecule has 4 rings (SSSR count). The number of carbonyl (C=O) groups is 1. The summed E-state index contributed by atoms with van der Waals surface area (Å²) in [6.07, 6.45) is -1.46. The normalized spacial score (nSPS) is 22.4. The molecular weight excluding hydrogens is 433 g/mol. The zero-order valence-corrected chi connectivity index (χ0v) is 18.6. The van der Waals surface area contributed by atoms with Crippen molar-refractivity contribution in [3.63, 3.8) is 0 Å². The van der Waals surface area contributed by atoms with Gasteiger partial charge in [0.2, 0.25) is 0 Å². The average molecular weight is 456 g/mol. The van der Waals surface area contributed by atoms with E-state index in [-0.39, 0.29) is 30.0 Å². The number of halogens is 1. The number of aliphatic hydroxyl groups is 1. The fourth-order valence-corrected chi connectivity index (χ4v) is 4.41. The highest BCUT2D eigenvalue weighted by molar-refractivity contribution is 7.81. The van der Waals surface area contributed by atoms with Gasteiger partial charge in [0.1, 0.15) is 11.6 Å². The van der Waals surface area contributed by atoms with E-state index < -0.39 is 23.6 Å². The molecule has 0 aliphatic carbocycles. The molecule has 2 saturated heterocycles. The summed E-state index contributed by atoms with van der Waals surface area (Å²) in [5.74, 6) is -0.910. The Hall–Kier alpha value is -3.06. The second-order valence-corrected chi connectivity index (χ2v) is 8.64. The van der Waals surface area contributed by atoms with Crippen LogP contribution in [0.4, 0.5) is 21.5 Å². The average Bonchev–Trinajstić information content (AvgIpc) is 3.21. The van der Waals surface area contributed by atoms with Gasteiger partial charge in [-0.1, -0.05) is 6.07 Å². The van der Waals surface area contributed by atoms with Gasteiger partial charge >= 0.3 is 0 Å². The quantitative estimate of drug-likeness (QED) is 0.560. The number of anilines is 2. The molecule has 0 unspecified atom stereocenters. The van der Waals surface area contributed by atoms with Crippen LogP contribution in [0.15, 0.2) is 36.4 Å². The number of benzene rings is 2. The third-order valence-electron chi connectivity index (χ3n) is 5.68. The standard InChI is InChI=1S/C23H22FN3O4S/c1-13-9-14(5-7-17(13)25-4)26-21(29)23(2,3)27(22(26)32)15-6-8-19(16(24)10-15)31-20-12-30-11-18(20)28/h5-10,18,20,28H,11-12H2,1-3H3/t18-,20-/m0/s1. The van der Waals surface area contributed by atoms with Gasteiger partial charge in [0, 0.05) is 17.4 Å². The lowest BCUT2D eigenvalue weighted by atomic mass is 10.0. The van der Waals surface area contributed by atoms with Gasteiger partial charge in [-0.25, -0.2) is 9.24 Å². The van der Waals surface area contributed by atoms with Crippen molar-refractivity contribution < 1.29 is 23.8 Å². The van der Waals surface area contributed by atoms with Gasteiger partial charge in [-0.15, -0.1) is 0 Å². The number of rotatable bonds is 4. The van der Waals surface area contributed by atoms with E-state index in [0.29, 0.717) is 17.1 Å². The van der Waals surface area contributed by atoms with E-state index in [2.05, 4.69) is 4.85 Å². The Morgan fingerprint density at radius 3 is 2.56 bits per heavy atom. The first-order chi connectivity index (χ1) is 15.1. The molecule has 166 valence electrons. The maximum absolute atomic E-state index is 14.9. The molecule has 0 aromatic heterocycles. The van der Waals surface area contributed by atoms with Crippen molar-refractivity contribution in [3.05, 3.63) is 59.2 Å². The van der Waals surface area contributed by atoms with Gasteiger partial charge in [-0.3, -0.25) is 9.69 Å². The number of aliphatic hydroxyl groups excluding tert-OH is 1. The summed E-state index contributed by atoms with van der Waals surface area (Å²) in [5.41, 5.74) is 1.12. The Bertz CT molecular complexity index is 1150. The Labute approximate surface area is 190 Å². The number of hydrogen-bond donors (Lipinski definition) is 1. The highest BCUT2D eigenvalue weighted by Crippen LogP contribution is 2.38. The molecule has 32 heavy (non-hydrogen) atoms. The third-order valence-corrected chi connectivity index (χ3v) is 6.04. The first-order valence-electron chi connectivity index (χ1n) is 10.0. The predicted molar refractivity (Wildman–Crippen MR) is 122 cm³/mol. The minimum atomic E-state index is -1.06. The third kappa shape index (κ3) is 3.60. The second-order valence-electron chi connectivity index (χ2n) is 8.28. The minimum absolute atomic E-state index is 0.0141. The highest BCUT2D eigenvalue weighted by Gasteiger charge is 2.50. The Morgan fingerprint density at radius 2 is 1.97 bits per heavy atom. The molecule has 2 heterocycles. The van der Waals surface area contributed by atoms with E-state index in [1.807, 2.05) is 0 Å². The van der Waals surface area contributed by atoms with Crippen molar-refractivity contribution >= 4 is 40.3 Å². The zero-order valence-electron chi connectivity index (χ0n) is 17.8. The van der Waals surface area contributed by atoms with Crippen LogP contribution in [0, 0.1) is 19.3 Å². The van der Waals surface area contributed by atoms with E-state index in [0.717, 1.165) is 5.56 Å². The van der Waals surface area contributed by atoms with Crippen LogP contribution in [0.2, 0.25) is 0 Å². The molecule has 0 spiro atoms. The Kier molecular flexibility index (Phi) is 5.63. The summed E-state index contributed by atoms with van der Waals surface area (Å²) in [6, 6.07) is 9.40. The van der Waals surface area contributed by atoms with Crippen molar-refractivity contribution in [2.24, 2.45) is 0 Å². The van der Waals surface area contributed by atoms with Crippen LogP contribution in [0.25, 0.3) is 4.85 Å². The summed E-state index contributed by atoms with van der Waals surface area (Å²) < 4.78 is 25.6. The Morgan fingerprint density at radius 1 is 1.25 bits per heavy atom. The first kappa shape index (κ1) is 22.1. The van der Waals surface area contributed by atoms with Gasteiger partial charge in [-0.05, 0) is 62.8 Å². The molecule has 2 aromatic carbocycles. The molecule has 7 nitrogen and oxygen atoms in total. The zero-order chi connectivity index (χ0) is 23.2. The lowest BCUT2D eigenvalue weighted by Crippen LogP contribution is -2.44. The highest BCUT2D eigenvalue weighted by atomic mass is 32.1. The lowest BCUT2D eigenvalue weighted by Gasteiger charge is -2.29. The van der Waals surface area contributed by atoms with Crippen LogP contribution in [-0.4, -0.2) is 47.1 Å². The van der Waals surface area contributed by atoms with Gasteiger partial charge < -0.3 is 19.5 Å². The number of aryl methyl sites for hydroxylation is 1. The van der Waals surface area contributed by atoms with Gasteiger partial charge in [-0.2, -0.15) is 0 Å². The van der Waals surface area contributed by atoms with Gasteiger partial charge in [0.25, 0.3) is 5.91 Å². The van der Waals surface area contributed by atoms with Crippen LogP contribution >= 0.6 is 12.2 Å². The van der Waals surface area contributed by atoms with Crippen molar-refractivity contribution in [1.29, 1.82) is 0 Å². The van der Waals surface area contributed by atoms with E-state index in [4.69, 9.17) is 28.3 Å². The number of carbonyl (C=O) groups excluding carboxylic acids is 1. The first-order valence-corrected chi connectivity index (χ1v) is 10.4. The van der Waals surface area contributed by atoms with E-state index >= 15 is 0 Å². The molecular formula is C23H22FN3O4S. The van der Waals surface area contributed by atoms with Gasteiger partial charge in [0.15, 0.2) is 28.5 Å². The number of hydrogen-bond acceptors (Lipinski definition) is 5. The van der Waals surface area contributed by atoms with Crippen LogP contribution in [0.5, 0.6) is 5.75 Å². The number of amides is 1. The van der Waals surface area contributed by atoms with E-state index in [1.165, 1.54) is 17.0 Å². The van der Waals surface area contributed by atoms with Crippen molar-refractivity contribution in [1.82, 2.24) is 0 Å². The SMILES string of the molecule is [C-]#[N+]c1ccc(N2C(=O)C(C)(C)N(c3ccc(O[C@H]4COC[C@@H]4O)c(F)c3)C2=S)cc1C. The molecule has 2 aliphatic rings. The minimum Gasteiger partial charge on any atom is -0.482 e. The molecule has 2 aromatic rings. The fraction of sp³-hybridized carbons (Fsp3) is 0.348. The van der Waals surface area contributed by atoms with Gasteiger partial charge in [0.05, 0.1) is 19.8 Å². The van der Waals surface area contributed by atoms with Crippen molar-refractivity contribution in [3.8, 4) is 5.75 Å². The molecule has 0 radical (unpaired) electrons. The maximum Gasteiger partial charge on any atom is 0.259 e. The molecule has 2 atom stereocenters. The molecule has 9 heteroatoms. The van der Waals surface area contributed by atoms with E-state index in [1.54, 1.807) is 49.9 Å². The molecule has 2 fully saturated rings. The van der Waals surface area contributed by atoms with Crippen molar-refractivity contribution in [2.45, 2.75) is 38.5 Å². The summed E-state index contributed by atoms with van der Waals surface area (Å²) in [4.78, 5) is 19.7. The molecule has 2 aliphatic heterocycles. The molecule has 1 amide bonds. The second kappa shape index (κ2) is 8.13. The predicted octanol–water partition coefficient (Wildman–Crippen LogP) is 3.74. The fourth-order valence-electron chi connectivity index (χ4n) is 3.88. The lowest BCUT2D eigenvalue weighted by molar-refractivity contribution is -0.120. The van der Waals surface area contributed by atoms with Crippen LogP contribution < -0.4 is 14.5 Å². The molecule has 0 saturated carbocycles. The number of nitrogens with zero attached hydrogens (tertiary/aromatic N) is 3.